The molecule has 0 saturated heterocycles. The van der Waals surface area contributed by atoms with Gasteiger partial charge in [-0.1, -0.05) is 146 Å². The van der Waals surface area contributed by atoms with Gasteiger partial charge in [0.25, 0.3) is 0 Å². The fraction of sp³-hybridized carbons (Fsp3) is 0. The van der Waals surface area contributed by atoms with E-state index >= 15 is 0 Å². The third-order valence-corrected chi connectivity index (χ3v) is 10.6. The van der Waals surface area contributed by atoms with Gasteiger partial charge in [-0.15, -0.1) is 0 Å². The summed E-state index contributed by atoms with van der Waals surface area (Å²) < 4.78 is 2.34. The summed E-state index contributed by atoms with van der Waals surface area (Å²) in [7, 11) is 0. The minimum atomic E-state index is 0.633. The van der Waals surface area contributed by atoms with E-state index < -0.39 is 0 Å². The van der Waals surface area contributed by atoms with Crippen molar-refractivity contribution in [2.45, 2.75) is 0 Å². The number of aromatic nitrogens is 4. The summed E-state index contributed by atoms with van der Waals surface area (Å²) in [5.41, 5.74) is 13.3. The molecule has 53 heavy (non-hydrogen) atoms. The average molecular weight is 675 g/mol. The standard InChI is InChI=1S/C49H30N4/c1-4-14-31(15-5-1)35-28-41-39-23-12-18-32-19-13-24-40(45(32)39)46(41)42(29-35)49-51-47(33-16-6-2-7-17-33)50-48(52-49)34-26-27-38-37-22-10-11-25-43(37)53(44(38)30-34)36-20-8-3-9-21-36/h1-30H. The van der Waals surface area contributed by atoms with Crippen molar-refractivity contribution >= 4 is 32.6 Å². The number of hydrogen-bond donors (Lipinski definition) is 0. The fourth-order valence-electron chi connectivity index (χ4n) is 8.20. The molecule has 0 atom stereocenters. The van der Waals surface area contributed by atoms with Gasteiger partial charge in [-0.05, 0) is 75.0 Å². The lowest BCUT2D eigenvalue weighted by molar-refractivity contribution is 1.07. The molecule has 0 unspecified atom stereocenters. The number of para-hydroxylation sites is 2. The Kier molecular flexibility index (Phi) is 6.52. The van der Waals surface area contributed by atoms with Crippen LogP contribution in [0.5, 0.6) is 0 Å². The molecule has 4 nitrogen and oxygen atoms in total. The molecule has 4 heteroatoms. The SMILES string of the molecule is c1ccc(-c2cc(-c3nc(-c4ccccc4)nc(-c4ccc5c6ccccc6n(-c6ccccc6)c5c4)n3)c3c(c2)-c2cccc4cccc-3c24)cc1. The maximum absolute atomic E-state index is 5.37. The molecule has 8 aromatic carbocycles. The van der Waals surface area contributed by atoms with Crippen LogP contribution in [0.1, 0.15) is 0 Å². The number of nitrogens with zero attached hydrogens (tertiary/aromatic N) is 4. The molecular weight excluding hydrogens is 645 g/mol. The van der Waals surface area contributed by atoms with Crippen LogP contribution in [0.25, 0.3) is 106 Å². The minimum absolute atomic E-state index is 0.633. The first-order chi connectivity index (χ1) is 26.3. The van der Waals surface area contributed by atoms with Crippen molar-refractivity contribution in [1.82, 2.24) is 19.5 Å². The Labute approximate surface area is 306 Å². The van der Waals surface area contributed by atoms with Crippen molar-refractivity contribution in [2.75, 3.05) is 0 Å². The van der Waals surface area contributed by atoms with Crippen LogP contribution in [0, 0.1) is 0 Å². The molecule has 2 heterocycles. The van der Waals surface area contributed by atoms with Crippen LogP contribution in [0.2, 0.25) is 0 Å². The third kappa shape index (κ3) is 4.66. The Hall–Kier alpha value is -7.17. The largest absolute Gasteiger partial charge is 0.309 e. The van der Waals surface area contributed by atoms with Crippen molar-refractivity contribution < 1.29 is 0 Å². The van der Waals surface area contributed by atoms with Gasteiger partial charge in [0.15, 0.2) is 17.5 Å². The Morgan fingerprint density at radius 1 is 0.340 bits per heavy atom. The number of hydrogen-bond acceptors (Lipinski definition) is 3. The topological polar surface area (TPSA) is 43.6 Å². The molecule has 11 rings (SSSR count). The van der Waals surface area contributed by atoms with Crippen LogP contribution in [0.3, 0.4) is 0 Å². The fourth-order valence-corrected chi connectivity index (χ4v) is 8.20. The van der Waals surface area contributed by atoms with Crippen molar-refractivity contribution in [2.24, 2.45) is 0 Å². The quantitative estimate of drug-likeness (QED) is 0.182. The molecule has 0 bridgehead atoms. The molecule has 1 aliphatic carbocycles. The van der Waals surface area contributed by atoms with Crippen molar-refractivity contribution in [3.8, 4) is 73.2 Å². The molecule has 246 valence electrons. The van der Waals surface area contributed by atoms with Gasteiger partial charge >= 0.3 is 0 Å². The summed E-state index contributed by atoms with van der Waals surface area (Å²) in [5.74, 6) is 1.92. The van der Waals surface area contributed by atoms with Gasteiger partial charge in [-0.2, -0.15) is 0 Å². The zero-order valence-corrected chi connectivity index (χ0v) is 28.6. The lowest BCUT2D eigenvalue weighted by atomic mass is 9.92. The highest BCUT2D eigenvalue weighted by Gasteiger charge is 2.27. The normalized spacial score (nSPS) is 11.8. The predicted octanol–water partition coefficient (Wildman–Crippen LogP) is 12.4. The molecule has 1 aliphatic rings. The first-order valence-corrected chi connectivity index (χ1v) is 18.0. The molecule has 0 saturated carbocycles. The zero-order valence-electron chi connectivity index (χ0n) is 28.6. The van der Waals surface area contributed by atoms with Gasteiger partial charge in [0.1, 0.15) is 0 Å². The van der Waals surface area contributed by atoms with Crippen LogP contribution in [0.15, 0.2) is 182 Å². The van der Waals surface area contributed by atoms with Crippen LogP contribution >= 0.6 is 0 Å². The number of fused-ring (bicyclic) bond motifs is 6. The van der Waals surface area contributed by atoms with Crippen LogP contribution < -0.4 is 0 Å². The van der Waals surface area contributed by atoms with E-state index in [0.717, 1.165) is 50.1 Å². The molecule has 10 aromatic rings. The molecule has 0 radical (unpaired) electrons. The van der Waals surface area contributed by atoms with E-state index in [2.05, 4.69) is 168 Å². The Bertz CT molecular complexity index is 3030. The molecule has 0 N–H and O–H groups in total. The molecule has 0 fully saturated rings. The molecule has 0 amide bonds. The highest BCUT2D eigenvalue weighted by Crippen LogP contribution is 2.52. The van der Waals surface area contributed by atoms with E-state index in [-0.39, 0.29) is 0 Å². The first-order valence-electron chi connectivity index (χ1n) is 18.0. The van der Waals surface area contributed by atoms with Gasteiger partial charge in [-0.25, -0.2) is 15.0 Å². The van der Waals surface area contributed by atoms with Gasteiger partial charge in [0.05, 0.1) is 11.0 Å². The summed E-state index contributed by atoms with van der Waals surface area (Å²) in [4.78, 5) is 15.8. The van der Waals surface area contributed by atoms with Crippen LogP contribution in [-0.2, 0) is 0 Å². The number of benzene rings is 8. The highest BCUT2D eigenvalue weighted by atomic mass is 15.0. The van der Waals surface area contributed by atoms with E-state index in [1.54, 1.807) is 0 Å². The summed E-state index contributed by atoms with van der Waals surface area (Å²) in [5, 5.41) is 4.89. The lowest BCUT2D eigenvalue weighted by Gasteiger charge is -2.15. The van der Waals surface area contributed by atoms with E-state index in [1.165, 1.54) is 38.2 Å². The Morgan fingerprint density at radius 3 is 1.72 bits per heavy atom. The highest BCUT2D eigenvalue weighted by molar-refractivity contribution is 6.18. The second kappa shape index (κ2) is 11.7. The average Bonchev–Trinajstić information content (AvgIpc) is 3.75. The second-order valence-electron chi connectivity index (χ2n) is 13.6. The van der Waals surface area contributed by atoms with Gasteiger partial charge in [0, 0.05) is 38.7 Å². The van der Waals surface area contributed by atoms with Crippen LogP contribution in [-0.4, -0.2) is 19.5 Å². The molecular formula is C49H30N4. The zero-order chi connectivity index (χ0) is 34.9. The maximum Gasteiger partial charge on any atom is 0.164 e. The molecule has 0 spiro atoms. The maximum atomic E-state index is 5.37. The first kappa shape index (κ1) is 29.5. The third-order valence-electron chi connectivity index (χ3n) is 10.6. The smallest absolute Gasteiger partial charge is 0.164 e. The predicted molar refractivity (Wildman–Crippen MR) is 218 cm³/mol. The summed E-state index contributed by atoms with van der Waals surface area (Å²) in [6.07, 6.45) is 0. The number of rotatable bonds is 5. The van der Waals surface area contributed by atoms with Crippen molar-refractivity contribution in [3.63, 3.8) is 0 Å². The van der Waals surface area contributed by atoms with Crippen molar-refractivity contribution in [1.29, 1.82) is 0 Å². The van der Waals surface area contributed by atoms with E-state index in [1.807, 2.05) is 18.2 Å². The summed E-state index contributed by atoms with van der Waals surface area (Å²) in [6, 6.07) is 64.4. The molecule has 2 aromatic heterocycles. The minimum Gasteiger partial charge on any atom is -0.309 e. The second-order valence-corrected chi connectivity index (χ2v) is 13.6. The van der Waals surface area contributed by atoms with Crippen LogP contribution in [0.4, 0.5) is 0 Å². The van der Waals surface area contributed by atoms with E-state index in [0.29, 0.717) is 17.5 Å². The Morgan fingerprint density at radius 2 is 0.943 bits per heavy atom. The van der Waals surface area contributed by atoms with Gasteiger partial charge in [0.2, 0.25) is 0 Å². The lowest BCUT2D eigenvalue weighted by Crippen LogP contribution is -2.02. The Balaban J connectivity index is 1.20. The summed E-state index contributed by atoms with van der Waals surface area (Å²) in [6.45, 7) is 0. The molecule has 0 aliphatic heterocycles. The van der Waals surface area contributed by atoms with Gasteiger partial charge in [-0.3, -0.25) is 0 Å². The van der Waals surface area contributed by atoms with E-state index in [9.17, 15) is 0 Å². The van der Waals surface area contributed by atoms with Crippen molar-refractivity contribution in [3.05, 3.63) is 182 Å². The van der Waals surface area contributed by atoms with Gasteiger partial charge < -0.3 is 4.57 Å². The van der Waals surface area contributed by atoms with E-state index in [4.69, 9.17) is 15.0 Å². The monoisotopic (exact) mass is 674 g/mol. The summed E-state index contributed by atoms with van der Waals surface area (Å²) >= 11 is 0.